The molecular weight excluding hydrogens is 349 g/mol. The average molecular weight is 362 g/mol. The van der Waals surface area contributed by atoms with Gasteiger partial charge in [0.05, 0.1) is 10.8 Å². The van der Waals surface area contributed by atoms with Crippen molar-refractivity contribution in [2.75, 3.05) is 11.1 Å². The van der Waals surface area contributed by atoms with Gasteiger partial charge in [-0.05, 0) is 36.4 Å². The van der Waals surface area contributed by atoms with Gasteiger partial charge in [-0.15, -0.1) is 11.8 Å². The van der Waals surface area contributed by atoms with E-state index in [0.717, 1.165) is 4.90 Å². The Labute approximate surface area is 147 Å². The van der Waals surface area contributed by atoms with Gasteiger partial charge < -0.3 is 11.1 Å². The zero-order valence-corrected chi connectivity index (χ0v) is 14.0. The highest BCUT2D eigenvalue weighted by atomic mass is 35.5. The third-order valence-electron chi connectivity index (χ3n) is 2.99. The number of anilines is 3. The first-order valence-electron chi connectivity index (χ1n) is 7.00. The first-order valence-corrected chi connectivity index (χ1v) is 8.37. The molecule has 1 heterocycles. The zero-order chi connectivity index (χ0) is 16.9. The van der Waals surface area contributed by atoms with Gasteiger partial charge in [-0.2, -0.15) is 15.0 Å². The molecule has 0 fully saturated rings. The van der Waals surface area contributed by atoms with Gasteiger partial charge in [-0.3, -0.25) is 0 Å². The summed E-state index contributed by atoms with van der Waals surface area (Å²) >= 11 is 7.64. The summed E-state index contributed by atoms with van der Waals surface area (Å²) in [5.74, 6) is 1.13. The predicted octanol–water partition coefficient (Wildman–Crippen LogP) is 4.28. The Morgan fingerprint density at radius 3 is 2.54 bits per heavy atom. The van der Waals surface area contributed by atoms with Crippen LogP contribution in [-0.2, 0) is 5.75 Å². The normalized spacial score (nSPS) is 10.6. The summed E-state index contributed by atoms with van der Waals surface area (Å²) in [5, 5.41) is 3.65. The fraction of sp³-hybridized carbons (Fsp3) is 0.0625. The lowest BCUT2D eigenvalue weighted by Crippen LogP contribution is -2.06. The molecule has 2 aromatic carbocycles. The highest BCUT2D eigenvalue weighted by molar-refractivity contribution is 7.98. The summed E-state index contributed by atoms with van der Waals surface area (Å²) < 4.78 is 12.9. The Kier molecular flexibility index (Phi) is 5.12. The third kappa shape index (κ3) is 4.33. The van der Waals surface area contributed by atoms with Crippen LogP contribution in [0, 0.1) is 5.82 Å². The lowest BCUT2D eigenvalue weighted by Gasteiger charge is -2.08. The second-order valence-corrected chi connectivity index (χ2v) is 6.21. The predicted molar refractivity (Wildman–Crippen MR) is 94.9 cm³/mol. The van der Waals surface area contributed by atoms with Crippen molar-refractivity contribution in [1.29, 1.82) is 0 Å². The van der Waals surface area contributed by atoms with Crippen molar-refractivity contribution in [2.24, 2.45) is 0 Å². The van der Waals surface area contributed by atoms with Crippen molar-refractivity contribution in [3.63, 3.8) is 0 Å². The van der Waals surface area contributed by atoms with Crippen molar-refractivity contribution in [3.8, 4) is 0 Å². The zero-order valence-electron chi connectivity index (χ0n) is 12.4. The molecule has 0 amide bonds. The minimum absolute atomic E-state index is 0.115. The largest absolute Gasteiger partial charge is 0.368 e. The van der Waals surface area contributed by atoms with Gasteiger partial charge >= 0.3 is 0 Å². The van der Waals surface area contributed by atoms with E-state index in [4.69, 9.17) is 17.3 Å². The van der Waals surface area contributed by atoms with Gasteiger partial charge in [-0.25, -0.2) is 4.39 Å². The number of benzene rings is 2. The van der Waals surface area contributed by atoms with Crippen molar-refractivity contribution in [3.05, 3.63) is 65.2 Å². The van der Waals surface area contributed by atoms with Crippen molar-refractivity contribution in [2.45, 2.75) is 10.6 Å². The second kappa shape index (κ2) is 7.46. The Morgan fingerprint density at radius 2 is 1.79 bits per heavy atom. The summed E-state index contributed by atoms with van der Waals surface area (Å²) in [7, 11) is 0. The smallest absolute Gasteiger partial charge is 0.232 e. The number of thioether (sulfide) groups is 1. The molecule has 0 spiro atoms. The van der Waals surface area contributed by atoms with Crippen LogP contribution in [0.2, 0.25) is 5.02 Å². The molecule has 1 aromatic heterocycles. The second-order valence-electron chi connectivity index (χ2n) is 4.78. The van der Waals surface area contributed by atoms with Gasteiger partial charge in [0.2, 0.25) is 11.9 Å². The van der Waals surface area contributed by atoms with E-state index in [1.807, 2.05) is 24.3 Å². The molecule has 0 atom stereocenters. The maximum absolute atomic E-state index is 12.9. The number of nitrogens with one attached hydrogen (secondary N) is 1. The number of hydrogen-bond donors (Lipinski definition) is 2. The lowest BCUT2D eigenvalue weighted by atomic mass is 10.3. The lowest BCUT2D eigenvalue weighted by molar-refractivity contribution is 0.628. The standard InChI is InChI=1S/C16H13ClFN5S/c17-12-3-1-2-4-13(12)24-9-14-21-15(19)23-16(22-14)20-11-7-5-10(18)6-8-11/h1-8H,9H2,(H3,19,20,21,22,23). The fourth-order valence-corrected chi connectivity index (χ4v) is 3.02. The molecule has 0 radical (unpaired) electrons. The number of halogens is 2. The van der Waals surface area contributed by atoms with Gasteiger partial charge in [0.1, 0.15) is 11.6 Å². The third-order valence-corrected chi connectivity index (χ3v) is 4.50. The highest BCUT2D eigenvalue weighted by Crippen LogP contribution is 2.28. The van der Waals surface area contributed by atoms with E-state index in [1.54, 1.807) is 12.1 Å². The van der Waals surface area contributed by atoms with Gasteiger partial charge in [0, 0.05) is 10.6 Å². The van der Waals surface area contributed by atoms with E-state index in [2.05, 4.69) is 20.3 Å². The Morgan fingerprint density at radius 1 is 1.04 bits per heavy atom. The average Bonchev–Trinajstić information content (AvgIpc) is 2.56. The first-order chi connectivity index (χ1) is 11.6. The van der Waals surface area contributed by atoms with E-state index < -0.39 is 0 Å². The van der Waals surface area contributed by atoms with Crippen molar-refractivity contribution in [1.82, 2.24) is 15.0 Å². The molecule has 0 unspecified atom stereocenters. The van der Waals surface area contributed by atoms with Crippen LogP contribution in [0.5, 0.6) is 0 Å². The number of nitrogen functional groups attached to an aromatic ring is 1. The van der Waals surface area contributed by atoms with Crippen LogP contribution < -0.4 is 11.1 Å². The topological polar surface area (TPSA) is 76.7 Å². The molecule has 0 saturated heterocycles. The molecule has 0 aliphatic carbocycles. The summed E-state index contributed by atoms with van der Waals surface area (Å²) in [4.78, 5) is 13.4. The van der Waals surface area contributed by atoms with Crippen LogP contribution in [0.15, 0.2) is 53.4 Å². The molecule has 3 N–H and O–H groups in total. The number of nitrogens with zero attached hydrogens (tertiary/aromatic N) is 3. The highest BCUT2D eigenvalue weighted by Gasteiger charge is 2.07. The maximum Gasteiger partial charge on any atom is 0.232 e. The number of rotatable bonds is 5. The quantitative estimate of drug-likeness (QED) is 0.660. The summed E-state index contributed by atoms with van der Waals surface area (Å²) in [6.45, 7) is 0. The molecule has 5 nitrogen and oxygen atoms in total. The Hall–Kier alpha value is -2.38. The monoisotopic (exact) mass is 361 g/mol. The molecule has 8 heteroatoms. The Balaban J connectivity index is 1.74. The van der Waals surface area contributed by atoms with Gasteiger partial charge in [0.15, 0.2) is 0 Å². The number of aromatic nitrogens is 3. The number of nitrogens with two attached hydrogens (primary N) is 1. The summed E-state index contributed by atoms with van der Waals surface area (Å²) in [5.41, 5.74) is 6.40. The molecule has 0 aliphatic rings. The fourth-order valence-electron chi connectivity index (χ4n) is 1.92. The van der Waals surface area contributed by atoms with Crippen molar-refractivity contribution < 1.29 is 4.39 Å². The molecule has 24 heavy (non-hydrogen) atoms. The van der Waals surface area contributed by atoms with E-state index in [9.17, 15) is 4.39 Å². The van der Waals surface area contributed by atoms with E-state index in [0.29, 0.717) is 28.2 Å². The van der Waals surface area contributed by atoms with Gasteiger partial charge in [-0.1, -0.05) is 23.7 Å². The first kappa shape index (κ1) is 16.5. The van der Waals surface area contributed by atoms with Crippen molar-refractivity contribution >= 4 is 40.9 Å². The SMILES string of the molecule is Nc1nc(CSc2ccccc2Cl)nc(Nc2ccc(F)cc2)n1. The summed E-state index contributed by atoms with van der Waals surface area (Å²) in [6.07, 6.45) is 0. The van der Waals surface area contributed by atoms with Gasteiger partial charge in [0.25, 0.3) is 0 Å². The van der Waals surface area contributed by atoms with Crippen LogP contribution >= 0.6 is 23.4 Å². The van der Waals surface area contributed by atoms with Crippen LogP contribution in [0.1, 0.15) is 5.82 Å². The van der Waals surface area contributed by atoms with Crippen LogP contribution in [0.25, 0.3) is 0 Å². The Bertz CT molecular complexity index is 844. The van der Waals surface area contributed by atoms with Crippen LogP contribution in [0.4, 0.5) is 22.0 Å². The molecule has 3 rings (SSSR count). The molecule has 0 bridgehead atoms. The number of hydrogen-bond acceptors (Lipinski definition) is 6. The van der Waals surface area contributed by atoms with E-state index in [1.165, 1.54) is 23.9 Å². The maximum atomic E-state index is 12.9. The summed E-state index contributed by atoms with van der Waals surface area (Å²) in [6, 6.07) is 13.4. The molecule has 0 saturated carbocycles. The van der Waals surface area contributed by atoms with E-state index in [-0.39, 0.29) is 11.8 Å². The molecule has 3 aromatic rings. The van der Waals surface area contributed by atoms with E-state index >= 15 is 0 Å². The molecular formula is C16H13ClFN5S. The molecule has 122 valence electrons. The molecule has 0 aliphatic heterocycles. The van der Waals surface area contributed by atoms with Crippen LogP contribution in [-0.4, -0.2) is 15.0 Å². The minimum atomic E-state index is -0.312. The minimum Gasteiger partial charge on any atom is -0.368 e. The van der Waals surface area contributed by atoms with Crippen LogP contribution in [0.3, 0.4) is 0 Å².